The van der Waals surface area contributed by atoms with Gasteiger partial charge in [-0.25, -0.2) is 4.98 Å². The van der Waals surface area contributed by atoms with E-state index in [9.17, 15) is 0 Å². The summed E-state index contributed by atoms with van der Waals surface area (Å²) in [7, 11) is 1.94. The Labute approximate surface area is 120 Å². The van der Waals surface area contributed by atoms with Crippen molar-refractivity contribution < 1.29 is 0 Å². The molecule has 1 aromatic heterocycles. The molecule has 0 aliphatic rings. The van der Waals surface area contributed by atoms with Crippen LogP contribution in [-0.4, -0.2) is 12.0 Å². The minimum Gasteiger partial charge on any atom is -0.316 e. The summed E-state index contributed by atoms with van der Waals surface area (Å²) in [6.45, 7) is 2.96. The molecule has 0 bridgehead atoms. The van der Waals surface area contributed by atoms with Crippen LogP contribution in [0.4, 0.5) is 0 Å². The molecular weight excluding hydrogens is 308 g/mol. The van der Waals surface area contributed by atoms with Crippen molar-refractivity contribution in [1.29, 1.82) is 0 Å². The van der Waals surface area contributed by atoms with Crippen molar-refractivity contribution in [3.63, 3.8) is 0 Å². The molecule has 1 aromatic carbocycles. The lowest BCUT2D eigenvalue weighted by Gasteiger charge is -2.07. The first-order valence-electron chi connectivity index (χ1n) is 5.72. The summed E-state index contributed by atoms with van der Waals surface area (Å²) < 4.78 is 1.10. The molecule has 0 amide bonds. The highest BCUT2D eigenvalue weighted by Crippen LogP contribution is 2.29. The molecule has 0 spiro atoms. The highest BCUT2D eigenvalue weighted by Gasteiger charge is 2.04. The largest absolute Gasteiger partial charge is 0.316 e. The maximum absolute atomic E-state index is 4.53. The van der Waals surface area contributed by atoms with Crippen LogP contribution in [0, 0.1) is 6.92 Å². The summed E-state index contributed by atoms with van der Waals surface area (Å²) in [6, 6.07) is 10.5. The smallest absolute Gasteiger partial charge is 0.104 e. The van der Waals surface area contributed by atoms with Gasteiger partial charge < -0.3 is 5.32 Å². The van der Waals surface area contributed by atoms with E-state index in [1.807, 2.05) is 25.4 Å². The Kier molecular flexibility index (Phi) is 4.80. The van der Waals surface area contributed by atoms with Crippen LogP contribution >= 0.6 is 27.7 Å². The topological polar surface area (TPSA) is 24.9 Å². The monoisotopic (exact) mass is 322 g/mol. The molecule has 1 heterocycles. The minimum absolute atomic E-state index is 0.858. The fraction of sp³-hybridized carbons (Fsp3) is 0.214. The van der Waals surface area contributed by atoms with Crippen LogP contribution in [0.1, 0.15) is 11.1 Å². The number of nitrogens with one attached hydrogen (secondary N) is 1. The van der Waals surface area contributed by atoms with E-state index in [1.54, 1.807) is 11.8 Å². The van der Waals surface area contributed by atoms with Crippen molar-refractivity contribution >= 4 is 27.7 Å². The number of hydrogen-bond acceptors (Lipinski definition) is 3. The number of nitrogens with zero attached hydrogens (tertiary/aromatic N) is 1. The van der Waals surface area contributed by atoms with E-state index < -0.39 is 0 Å². The average molecular weight is 323 g/mol. The van der Waals surface area contributed by atoms with Gasteiger partial charge in [-0.3, -0.25) is 0 Å². The second kappa shape index (κ2) is 6.36. The Hall–Kier alpha value is -0.840. The second-order valence-corrected chi connectivity index (χ2v) is 6.03. The van der Waals surface area contributed by atoms with Crippen LogP contribution in [0.5, 0.6) is 0 Å². The average Bonchev–Trinajstić information content (AvgIpc) is 2.36. The van der Waals surface area contributed by atoms with Crippen LogP contribution in [0.2, 0.25) is 0 Å². The molecule has 0 saturated heterocycles. The predicted octanol–water partition coefficient (Wildman–Crippen LogP) is 4.02. The molecule has 0 aliphatic carbocycles. The number of aromatic nitrogens is 1. The van der Waals surface area contributed by atoms with Gasteiger partial charge in [0.25, 0.3) is 0 Å². The lowest BCUT2D eigenvalue weighted by Crippen LogP contribution is -2.05. The summed E-state index contributed by atoms with van der Waals surface area (Å²) in [4.78, 5) is 5.73. The van der Waals surface area contributed by atoms with Gasteiger partial charge in [-0.05, 0) is 49.4 Å². The van der Waals surface area contributed by atoms with Crippen LogP contribution < -0.4 is 5.32 Å². The lowest BCUT2D eigenvalue weighted by atomic mass is 10.2. The summed E-state index contributed by atoms with van der Waals surface area (Å²) in [5.41, 5.74) is 2.44. The van der Waals surface area contributed by atoms with Crippen molar-refractivity contribution in [2.24, 2.45) is 0 Å². The van der Waals surface area contributed by atoms with E-state index in [0.29, 0.717) is 0 Å². The van der Waals surface area contributed by atoms with Crippen molar-refractivity contribution in [2.45, 2.75) is 23.4 Å². The van der Waals surface area contributed by atoms with E-state index in [4.69, 9.17) is 0 Å². The zero-order valence-corrected chi connectivity index (χ0v) is 12.8. The molecular formula is C14H15BrN2S. The zero-order valence-electron chi connectivity index (χ0n) is 10.4. The van der Waals surface area contributed by atoms with E-state index in [2.05, 4.69) is 51.4 Å². The van der Waals surface area contributed by atoms with Crippen molar-refractivity contribution in [1.82, 2.24) is 10.3 Å². The van der Waals surface area contributed by atoms with Crippen molar-refractivity contribution in [3.8, 4) is 0 Å². The molecule has 4 heteroatoms. The number of pyridine rings is 1. The van der Waals surface area contributed by atoms with Crippen LogP contribution in [0.25, 0.3) is 0 Å². The van der Waals surface area contributed by atoms with E-state index >= 15 is 0 Å². The molecule has 2 rings (SSSR count). The highest BCUT2D eigenvalue weighted by atomic mass is 79.9. The Morgan fingerprint density at radius 2 is 2.00 bits per heavy atom. The van der Waals surface area contributed by atoms with E-state index in [1.165, 1.54) is 16.0 Å². The maximum atomic E-state index is 4.53. The quantitative estimate of drug-likeness (QED) is 0.920. The summed E-state index contributed by atoms with van der Waals surface area (Å²) in [5, 5.41) is 4.20. The first-order valence-corrected chi connectivity index (χ1v) is 7.33. The molecule has 18 heavy (non-hydrogen) atoms. The number of rotatable bonds is 4. The van der Waals surface area contributed by atoms with E-state index in [-0.39, 0.29) is 0 Å². The summed E-state index contributed by atoms with van der Waals surface area (Å²) in [5.74, 6) is 0. The highest BCUT2D eigenvalue weighted by molar-refractivity contribution is 9.10. The standard InChI is InChI=1S/C14H15BrN2S/c1-10-7-11(8-16-2)9-17-14(10)18-13-5-3-12(15)4-6-13/h3-7,9,16H,8H2,1-2H3. The van der Waals surface area contributed by atoms with E-state index in [0.717, 1.165) is 16.0 Å². The molecule has 0 unspecified atom stereocenters. The Balaban J connectivity index is 2.16. The maximum Gasteiger partial charge on any atom is 0.104 e. The van der Waals surface area contributed by atoms with Gasteiger partial charge in [0.1, 0.15) is 5.03 Å². The SMILES string of the molecule is CNCc1cnc(Sc2ccc(Br)cc2)c(C)c1. The van der Waals surface area contributed by atoms with Gasteiger partial charge in [0, 0.05) is 22.1 Å². The van der Waals surface area contributed by atoms with Gasteiger partial charge in [0.05, 0.1) is 0 Å². The van der Waals surface area contributed by atoms with Crippen molar-refractivity contribution in [3.05, 3.63) is 52.1 Å². The van der Waals surface area contributed by atoms with Crippen molar-refractivity contribution in [2.75, 3.05) is 7.05 Å². The number of benzene rings is 1. The number of hydrogen-bond donors (Lipinski definition) is 1. The van der Waals surface area contributed by atoms with Gasteiger partial charge in [-0.1, -0.05) is 33.8 Å². The van der Waals surface area contributed by atoms with Gasteiger partial charge in [0.15, 0.2) is 0 Å². The van der Waals surface area contributed by atoms with Crippen LogP contribution in [0.3, 0.4) is 0 Å². The summed E-state index contributed by atoms with van der Waals surface area (Å²) >= 11 is 5.14. The van der Waals surface area contributed by atoms with Crippen LogP contribution in [0.15, 0.2) is 50.9 Å². The molecule has 0 atom stereocenters. The third-order valence-electron chi connectivity index (χ3n) is 2.50. The Morgan fingerprint density at radius 1 is 1.28 bits per heavy atom. The van der Waals surface area contributed by atoms with Gasteiger partial charge in [0.2, 0.25) is 0 Å². The summed E-state index contributed by atoms with van der Waals surface area (Å²) in [6.07, 6.45) is 1.94. The third-order valence-corrected chi connectivity index (χ3v) is 4.15. The molecule has 0 fully saturated rings. The molecule has 0 saturated carbocycles. The minimum atomic E-state index is 0.858. The lowest BCUT2D eigenvalue weighted by molar-refractivity contribution is 0.807. The first kappa shape index (κ1) is 13.6. The number of halogens is 1. The molecule has 94 valence electrons. The fourth-order valence-corrected chi connectivity index (χ4v) is 2.73. The molecule has 2 aromatic rings. The zero-order chi connectivity index (χ0) is 13.0. The normalized spacial score (nSPS) is 10.6. The van der Waals surface area contributed by atoms with Gasteiger partial charge >= 0.3 is 0 Å². The molecule has 1 N–H and O–H groups in total. The van der Waals surface area contributed by atoms with Gasteiger partial charge in [-0.15, -0.1) is 0 Å². The van der Waals surface area contributed by atoms with Crippen LogP contribution in [-0.2, 0) is 6.54 Å². The first-order chi connectivity index (χ1) is 8.69. The molecule has 2 nitrogen and oxygen atoms in total. The molecule has 0 aliphatic heterocycles. The molecule has 0 radical (unpaired) electrons. The second-order valence-electron chi connectivity index (χ2n) is 4.05. The van der Waals surface area contributed by atoms with Gasteiger partial charge in [-0.2, -0.15) is 0 Å². The Morgan fingerprint density at radius 3 is 2.61 bits per heavy atom. The number of aryl methyl sites for hydroxylation is 1. The predicted molar refractivity (Wildman–Crippen MR) is 80.0 cm³/mol. The Bertz CT molecular complexity index is 526. The third kappa shape index (κ3) is 3.57. The fourth-order valence-electron chi connectivity index (χ4n) is 1.64.